The first kappa shape index (κ1) is 18.1. The van der Waals surface area contributed by atoms with E-state index in [0.717, 1.165) is 5.56 Å². The van der Waals surface area contributed by atoms with Crippen LogP contribution in [0.3, 0.4) is 0 Å². The SMILES string of the molecule is CCNC(=O)CN1CCN(C(=O)c2ccc(-c3ccc(F)cc3)o2)CC1. The number of furan rings is 1. The van der Waals surface area contributed by atoms with E-state index in [2.05, 4.69) is 5.32 Å². The van der Waals surface area contributed by atoms with Crippen molar-refractivity contribution in [3.05, 3.63) is 48.0 Å². The van der Waals surface area contributed by atoms with Gasteiger partial charge in [0, 0.05) is 38.3 Å². The van der Waals surface area contributed by atoms with Crippen molar-refractivity contribution >= 4 is 11.8 Å². The zero-order chi connectivity index (χ0) is 18.5. The number of halogens is 1. The van der Waals surface area contributed by atoms with Gasteiger partial charge in [-0.2, -0.15) is 0 Å². The third-order valence-corrected chi connectivity index (χ3v) is 4.35. The van der Waals surface area contributed by atoms with Crippen LogP contribution in [0.15, 0.2) is 40.8 Å². The van der Waals surface area contributed by atoms with E-state index in [0.29, 0.717) is 45.0 Å². The summed E-state index contributed by atoms with van der Waals surface area (Å²) in [6.07, 6.45) is 0. The molecule has 0 saturated carbocycles. The van der Waals surface area contributed by atoms with E-state index < -0.39 is 0 Å². The van der Waals surface area contributed by atoms with Crippen LogP contribution in [0.2, 0.25) is 0 Å². The number of piperazine rings is 1. The van der Waals surface area contributed by atoms with E-state index in [9.17, 15) is 14.0 Å². The fraction of sp³-hybridized carbons (Fsp3) is 0.368. The van der Waals surface area contributed by atoms with Gasteiger partial charge in [-0.15, -0.1) is 0 Å². The highest BCUT2D eigenvalue weighted by atomic mass is 19.1. The third-order valence-electron chi connectivity index (χ3n) is 4.35. The standard InChI is InChI=1S/C19H22FN3O3/c1-2-21-18(24)13-22-9-11-23(12-10-22)19(25)17-8-7-16(26-17)14-3-5-15(20)6-4-14/h3-8H,2,9-13H2,1H3,(H,21,24). The number of nitrogens with zero attached hydrogens (tertiary/aromatic N) is 2. The van der Waals surface area contributed by atoms with Gasteiger partial charge in [-0.25, -0.2) is 4.39 Å². The van der Waals surface area contributed by atoms with Crippen molar-refractivity contribution < 1.29 is 18.4 Å². The summed E-state index contributed by atoms with van der Waals surface area (Å²) in [5.74, 6) is 0.310. The maximum atomic E-state index is 13.0. The lowest BCUT2D eigenvalue weighted by atomic mass is 10.2. The molecule has 0 bridgehead atoms. The second-order valence-electron chi connectivity index (χ2n) is 6.19. The van der Waals surface area contributed by atoms with Crippen LogP contribution in [0.4, 0.5) is 4.39 Å². The molecule has 1 saturated heterocycles. The summed E-state index contributed by atoms with van der Waals surface area (Å²) in [4.78, 5) is 28.0. The summed E-state index contributed by atoms with van der Waals surface area (Å²) < 4.78 is 18.7. The molecular formula is C19H22FN3O3. The molecule has 1 aromatic carbocycles. The minimum atomic E-state index is -0.318. The van der Waals surface area contributed by atoms with Crippen LogP contribution in [0.25, 0.3) is 11.3 Å². The minimum absolute atomic E-state index is 0.00208. The van der Waals surface area contributed by atoms with Gasteiger partial charge in [-0.3, -0.25) is 14.5 Å². The summed E-state index contributed by atoms with van der Waals surface area (Å²) >= 11 is 0. The van der Waals surface area contributed by atoms with Gasteiger partial charge in [-0.1, -0.05) is 0 Å². The zero-order valence-electron chi connectivity index (χ0n) is 14.7. The molecule has 1 aromatic heterocycles. The average Bonchev–Trinajstić information content (AvgIpc) is 3.12. The van der Waals surface area contributed by atoms with E-state index in [1.165, 1.54) is 12.1 Å². The van der Waals surface area contributed by atoms with Crippen molar-refractivity contribution in [2.24, 2.45) is 0 Å². The molecule has 1 aliphatic rings. The van der Waals surface area contributed by atoms with E-state index in [1.54, 1.807) is 29.2 Å². The number of carbonyl (C=O) groups excluding carboxylic acids is 2. The first-order chi connectivity index (χ1) is 12.6. The summed E-state index contributed by atoms with van der Waals surface area (Å²) in [6, 6.07) is 9.29. The maximum absolute atomic E-state index is 13.0. The second kappa shape index (κ2) is 8.14. The van der Waals surface area contributed by atoms with Crippen LogP contribution < -0.4 is 5.32 Å². The maximum Gasteiger partial charge on any atom is 0.289 e. The van der Waals surface area contributed by atoms with Crippen LogP contribution in [0.5, 0.6) is 0 Å². The van der Waals surface area contributed by atoms with E-state index in [1.807, 2.05) is 11.8 Å². The molecule has 2 aromatic rings. The molecular weight excluding hydrogens is 337 g/mol. The lowest BCUT2D eigenvalue weighted by Crippen LogP contribution is -2.51. The number of benzene rings is 1. The molecule has 0 unspecified atom stereocenters. The molecule has 0 spiro atoms. The van der Waals surface area contributed by atoms with Crippen molar-refractivity contribution in [1.29, 1.82) is 0 Å². The second-order valence-corrected chi connectivity index (χ2v) is 6.19. The van der Waals surface area contributed by atoms with Gasteiger partial charge in [0.15, 0.2) is 5.76 Å². The lowest BCUT2D eigenvalue weighted by molar-refractivity contribution is -0.122. The minimum Gasteiger partial charge on any atom is -0.451 e. The molecule has 7 heteroatoms. The fourth-order valence-electron chi connectivity index (χ4n) is 2.94. The van der Waals surface area contributed by atoms with E-state index in [4.69, 9.17) is 4.42 Å². The van der Waals surface area contributed by atoms with Gasteiger partial charge in [0.25, 0.3) is 5.91 Å². The molecule has 3 rings (SSSR count). The van der Waals surface area contributed by atoms with Gasteiger partial charge in [0.1, 0.15) is 11.6 Å². The number of amides is 2. The molecule has 26 heavy (non-hydrogen) atoms. The Balaban J connectivity index is 1.57. The monoisotopic (exact) mass is 359 g/mol. The Hall–Kier alpha value is -2.67. The molecule has 1 fully saturated rings. The molecule has 2 amide bonds. The summed E-state index contributed by atoms with van der Waals surface area (Å²) in [5.41, 5.74) is 0.720. The van der Waals surface area contributed by atoms with Crippen molar-refractivity contribution in [3.63, 3.8) is 0 Å². The number of hydrogen-bond acceptors (Lipinski definition) is 4. The normalized spacial score (nSPS) is 15.1. The Kier molecular flexibility index (Phi) is 5.68. The summed E-state index contributed by atoms with van der Waals surface area (Å²) in [5, 5.41) is 2.77. The Bertz CT molecular complexity index is 765. The summed E-state index contributed by atoms with van der Waals surface area (Å²) in [7, 11) is 0. The predicted octanol–water partition coefficient (Wildman–Crippen LogP) is 1.98. The average molecular weight is 359 g/mol. The smallest absolute Gasteiger partial charge is 0.289 e. The van der Waals surface area contributed by atoms with Gasteiger partial charge >= 0.3 is 0 Å². The third kappa shape index (κ3) is 4.29. The number of hydrogen-bond donors (Lipinski definition) is 1. The topological polar surface area (TPSA) is 65.8 Å². The Labute approximate surface area is 151 Å². The van der Waals surface area contributed by atoms with Gasteiger partial charge in [0.2, 0.25) is 5.91 Å². The molecule has 1 N–H and O–H groups in total. The first-order valence-electron chi connectivity index (χ1n) is 8.71. The highest BCUT2D eigenvalue weighted by Gasteiger charge is 2.25. The first-order valence-corrected chi connectivity index (χ1v) is 8.71. The highest BCUT2D eigenvalue weighted by molar-refractivity contribution is 5.92. The Morgan fingerprint density at radius 1 is 1.08 bits per heavy atom. The molecule has 0 aliphatic carbocycles. The Morgan fingerprint density at radius 2 is 1.77 bits per heavy atom. The van der Waals surface area contributed by atoms with Crippen LogP contribution in [-0.2, 0) is 4.79 Å². The molecule has 2 heterocycles. The van der Waals surface area contributed by atoms with Crippen LogP contribution in [-0.4, -0.2) is 60.9 Å². The largest absolute Gasteiger partial charge is 0.451 e. The number of rotatable bonds is 5. The van der Waals surface area contributed by atoms with Crippen molar-refractivity contribution in [2.75, 3.05) is 39.3 Å². The molecule has 138 valence electrons. The van der Waals surface area contributed by atoms with E-state index in [-0.39, 0.29) is 23.4 Å². The molecule has 6 nitrogen and oxygen atoms in total. The number of nitrogens with one attached hydrogen (secondary N) is 1. The molecule has 1 aliphatic heterocycles. The van der Waals surface area contributed by atoms with Crippen molar-refractivity contribution in [1.82, 2.24) is 15.1 Å². The predicted molar refractivity (Wildman–Crippen MR) is 95.1 cm³/mol. The van der Waals surface area contributed by atoms with Crippen LogP contribution in [0.1, 0.15) is 17.5 Å². The van der Waals surface area contributed by atoms with Crippen LogP contribution >= 0.6 is 0 Å². The van der Waals surface area contributed by atoms with Crippen LogP contribution in [0, 0.1) is 5.82 Å². The fourth-order valence-corrected chi connectivity index (χ4v) is 2.94. The summed E-state index contributed by atoms with van der Waals surface area (Å²) in [6.45, 7) is 5.24. The van der Waals surface area contributed by atoms with Gasteiger partial charge in [0.05, 0.1) is 6.54 Å². The van der Waals surface area contributed by atoms with Gasteiger partial charge < -0.3 is 14.6 Å². The van der Waals surface area contributed by atoms with Crippen molar-refractivity contribution in [2.45, 2.75) is 6.92 Å². The Morgan fingerprint density at radius 3 is 2.42 bits per heavy atom. The highest BCUT2D eigenvalue weighted by Crippen LogP contribution is 2.23. The zero-order valence-corrected chi connectivity index (χ0v) is 14.7. The molecule has 0 atom stereocenters. The lowest BCUT2D eigenvalue weighted by Gasteiger charge is -2.33. The van der Waals surface area contributed by atoms with Gasteiger partial charge in [-0.05, 0) is 43.3 Å². The quantitative estimate of drug-likeness (QED) is 0.887. The van der Waals surface area contributed by atoms with Crippen molar-refractivity contribution in [3.8, 4) is 11.3 Å². The number of carbonyl (C=O) groups is 2. The van der Waals surface area contributed by atoms with E-state index >= 15 is 0 Å². The number of likely N-dealkylation sites (N-methyl/N-ethyl adjacent to an activating group) is 1. The molecule has 0 radical (unpaired) electrons.